The van der Waals surface area contributed by atoms with E-state index in [2.05, 4.69) is 4.98 Å². The molecule has 17 heavy (non-hydrogen) atoms. The highest BCUT2D eigenvalue weighted by atomic mass is 16.5. The fourth-order valence-corrected chi connectivity index (χ4v) is 1.43. The summed E-state index contributed by atoms with van der Waals surface area (Å²) in [6.07, 6.45) is 1.68. The number of pyridine rings is 1. The van der Waals surface area contributed by atoms with Gasteiger partial charge >= 0.3 is 0 Å². The summed E-state index contributed by atoms with van der Waals surface area (Å²) in [6, 6.07) is 11.0. The highest BCUT2D eigenvalue weighted by Crippen LogP contribution is 2.24. The van der Waals surface area contributed by atoms with Crippen LogP contribution in [-0.4, -0.2) is 12.1 Å². The molecule has 88 valence electrons. The van der Waals surface area contributed by atoms with E-state index in [0.29, 0.717) is 12.3 Å². The topological polar surface area (TPSA) is 57.4 Å². The van der Waals surface area contributed by atoms with Crippen LogP contribution < -0.4 is 15.2 Å². The van der Waals surface area contributed by atoms with Gasteiger partial charge in [0.1, 0.15) is 17.2 Å². The molecule has 0 aliphatic heterocycles. The normalized spacial score (nSPS) is 10.0. The van der Waals surface area contributed by atoms with Crippen LogP contribution >= 0.6 is 0 Å². The van der Waals surface area contributed by atoms with E-state index in [1.165, 1.54) is 0 Å². The fourth-order valence-electron chi connectivity index (χ4n) is 1.43. The van der Waals surface area contributed by atoms with Gasteiger partial charge in [0, 0.05) is 24.9 Å². The van der Waals surface area contributed by atoms with Crippen LogP contribution in [0.2, 0.25) is 0 Å². The first-order chi connectivity index (χ1) is 8.31. The molecule has 0 bridgehead atoms. The minimum atomic E-state index is 0.398. The highest BCUT2D eigenvalue weighted by Gasteiger charge is 2.00. The summed E-state index contributed by atoms with van der Waals surface area (Å²) in [4.78, 5) is 4.10. The minimum absolute atomic E-state index is 0.398. The highest BCUT2D eigenvalue weighted by molar-refractivity contribution is 5.36. The standard InChI is InChI=1S/C13H14N2O2/c1-16-11-3-2-4-12(8-11)17-13-5-6-15-10(7-13)9-14/h2-8H,9,14H2,1H3. The third kappa shape index (κ3) is 2.95. The lowest BCUT2D eigenvalue weighted by atomic mass is 10.3. The van der Waals surface area contributed by atoms with Crippen LogP contribution in [0.3, 0.4) is 0 Å². The maximum absolute atomic E-state index is 5.69. The Bertz CT molecular complexity index is 455. The molecular weight excluding hydrogens is 216 g/mol. The molecule has 0 amide bonds. The Hall–Kier alpha value is -2.07. The second kappa shape index (κ2) is 5.32. The summed E-state index contributed by atoms with van der Waals surface area (Å²) in [6.45, 7) is 0.398. The van der Waals surface area contributed by atoms with E-state index in [1.807, 2.05) is 30.3 Å². The van der Waals surface area contributed by atoms with Crippen LogP contribution in [0.15, 0.2) is 42.6 Å². The number of methoxy groups -OCH3 is 1. The smallest absolute Gasteiger partial charge is 0.131 e. The lowest BCUT2D eigenvalue weighted by Crippen LogP contribution is -1.99. The Kier molecular flexibility index (Phi) is 3.57. The first-order valence-corrected chi connectivity index (χ1v) is 5.28. The maximum atomic E-state index is 5.69. The largest absolute Gasteiger partial charge is 0.497 e. The van der Waals surface area contributed by atoms with E-state index in [0.717, 1.165) is 17.2 Å². The zero-order valence-corrected chi connectivity index (χ0v) is 9.59. The van der Waals surface area contributed by atoms with E-state index in [1.54, 1.807) is 19.4 Å². The number of hydrogen-bond acceptors (Lipinski definition) is 4. The molecule has 0 radical (unpaired) electrons. The van der Waals surface area contributed by atoms with Gasteiger partial charge in [-0.3, -0.25) is 4.98 Å². The van der Waals surface area contributed by atoms with Gasteiger partial charge in [-0.05, 0) is 18.2 Å². The maximum Gasteiger partial charge on any atom is 0.131 e. The average molecular weight is 230 g/mol. The molecule has 4 heteroatoms. The van der Waals surface area contributed by atoms with Gasteiger partial charge in [0.2, 0.25) is 0 Å². The van der Waals surface area contributed by atoms with E-state index in [-0.39, 0.29) is 0 Å². The molecule has 2 N–H and O–H groups in total. The summed E-state index contributed by atoms with van der Waals surface area (Å²) in [5.41, 5.74) is 6.32. The molecular formula is C13H14N2O2. The molecule has 0 saturated heterocycles. The van der Waals surface area contributed by atoms with Gasteiger partial charge in [0.25, 0.3) is 0 Å². The van der Waals surface area contributed by atoms with Crippen LogP contribution in [0.1, 0.15) is 5.69 Å². The van der Waals surface area contributed by atoms with Crippen molar-refractivity contribution in [1.29, 1.82) is 0 Å². The van der Waals surface area contributed by atoms with Gasteiger partial charge in [-0.25, -0.2) is 0 Å². The monoisotopic (exact) mass is 230 g/mol. The van der Waals surface area contributed by atoms with Gasteiger partial charge in [0.05, 0.1) is 12.8 Å². The van der Waals surface area contributed by atoms with Crippen LogP contribution in [0, 0.1) is 0 Å². The number of ether oxygens (including phenoxy) is 2. The van der Waals surface area contributed by atoms with Crippen molar-refractivity contribution in [3.63, 3.8) is 0 Å². The first-order valence-electron chi connectivity index (χ1n) is 5.28. The Morgan fingerprint density at radius 2 is 1.88 bits per heavy atom. The quantitative estimate of drug-likeness (QED) is 0.875. The van der Waals surface area contributed by atoms with E-state index >= 15 is 0 Å². The number of nitrogens with two attached hydrogens (primary N) is 1. The number of nitrogens with zero attached hydrogens (tertiary/aromatic N) is 1. The Morgan fingerprint density at radius 1 is 1.12 bits per heavy atom. The van der Waals surface area contributed by atoms with Crippen LogP contribution in [-0.2, 0) is 6.54 Å². The number of benzene rings is 1. The Morgan fingerprint density at radius 3 is 2.65 bits per heavy atom. The summed E-state index contributed by atoms with van der Waals surface area (Å²) in [5.74, 6) is 2.20. The van der Waals surface area contributed by atoms with E-state index < -0.39 is 0 Å². The Balaban J connectivity index is 2.18. The number of hydrogen-bond donors (Lipinski definition) is 1. The molecule has 2 rings (SSSR count). The molecule has 0 fully saturated rings. The Labute approximate surface area is 100 Å². The summed E-state index contributed by atoms with van der Waals surface area (Å²) in [7, 11) is 1.62. The molecule has 1 aromatic carbocycles. The van der Waals surface area contributed by atoms with Crippen molar-refractivity contribution in [2.24, 2.45) is 5.73 Å². The predicted octanol–water partition coefficient (Wildman–Crippen LogP) is 2.34. The lowest BCUT2D eigenvalue weighted by molar-refractivity contribution is 0.409. The second-order valence-corrected chi connectivity index (χ2v) is 3.47. The first kappa shape index (κ1) is 11.4. The fraction of sp³-hybridized carbons (Fsp3) is 0.154. The summed E-state index contributed by atoms with van der Waals surface area (Å²) < 4.78 is 10.8. The molecule has 1 aromatic heterocycles. The van der Waals surface area contributed by atoms with Crippen LogP contribution in [0.5, 0.6) is 17.2 Å². The molecule has 0 unspecified atom stereocenters. The second-order valence-electron chi connectivity index (χ2n) is 3.47. The zero-order valence-electron chi connectivity index (χ0n) is 9.59. The number of rotatable bonds is 4. The molecule has 2 aromatic rings. The molecule has 1 heterocycles. The van der Waals surface area contributed by atoms with Crippen molar-refractivity contribution in [2.75, 3.05) is 7.11 Å². The molecule has 0 aliphatic carbocycles. The summed E-state index contributed by atoms with van der Waals surface area (Å²) in [5, 5.41) is 0. The lowest BCUT2D eigenvalue weighted by Gasteiger charge is -2.07. The molecule has 0 spiro atoms. The van der Waals surface area contributed by atoms with Crippen molar-refractivity contribution in [3.8, 4) is 17.2 Å². The third-order valence-electron chi connectivity index (χ3n) is 2.27. The molecule has 0 atom stereocenters. The number of aromatic nitrogens is 1. The summed E-state index contributed by atoms with van der Waals surface area (Å²) >= 11 is 0. The molecule has 4 nitrogen and oxygen atoms in total. The van der Waals surface area contributed by atoms with Gasteiger partial charge in [-0.1, -0.05) is 6.07 Å². The van der Waals surface area contributed by atoms with Crippen molar-refractivity contribution in [2.45, 2.75) is 6.54 Å². The van der Waals surface area contributed by atoms with Crippen molar-refractivity contribution < 1.29 is 9.47 Å². The van der Waals surface area contributed by atoms with Crippen molar-refractivity contribution in [3.05, 3.63) is 48.3 Å². The van der Waals surface area contributed by atoms with Gasteiger partial charge in [0.15, 0.2) is 0 Å². The SMILES string of the molecule is COc1cccc(Oc2ccnc(CN)c2)c1. The van der Waals surface area contributed by atoms with Crippen molar-refractivity contribution >= 4 is 0 Å². The van der Waals surface area contributed by atoms with Gasteiger partial charge < -0.3 is 15.2 Å². The van der Waals surface area contributed by atoms with Crippen LogP contribution in [0.4, 0.5) is 0 Å². The zero-order chi connectivity index (χ0) is 12.1. The van der Waals surface area contributed by atoms with E-state index in [4.69, 9.17) is 15.2 Å². The molecule has 0 saturated carbocycles. The third-order valence-corrected chi connectivity index (χ3v) is 2.27. The average Bonchev–Trinajstić information content (AvgIpc) is 2.39. The van der Waals surface area contributed by atoms with Gasteiger partial charge in [-0.2, -0.15) is 0 Å². The predicted molar refractivity (Wildman–Crippen MR) is 65.2 cm³/mol. The molecule has 0 aliphatic rings. The minimum Gasteiger partial charge on any atom is -0.497 e. The van der Waals surface area contributed by atoms with Gasteiger partial charge in [-0.15, -0.1) is 0 Å². The van der Waals surface area contributed by atoms with E-state index in [9.17, 15) is 0 Å². The van der Waals surface area contributed by atoms with Crippen LogP contribution in [0.25, 0.3) is 0 Å². The van der Waals surface area contributed by atoms with Crippen molar-refractivity contribution in [1.82, 2.24) is 4.98 Å².